The lowest BCUT2D eigenvalue weighted by molar-refractivity contribution is -0.131. The summed E-state index contributed by atoms with van der Waals surface area (Å²) in [6.45, 7) is 3.41. The van der Waals surface area contributed by atoms with Gasteiger partial charge in [-0.05, 0) is 13.3 Å². The Morgan fingerprint density at radius 1 is 1.48 bits per heavy atom. The summed E-state index contributed by atoms with van der Waals surface area (Å²) < 4.78 is 0. The Balaban J connectivity index is 1.95. The molecule has 0 aromatic heterocycles. The summed E-state index contributed by atoms with van der Waals surface area (Å²) in [4.78, 5) is 13.9. The highest BCUT2D eigenvalue weighted by Gasteiger charge is 2.31. The molecule has 114 valence electrons. The maximum absolute atomic E-state index is 12.1. The van der Waals surface area contributed by atoms with Crippen molar-refractivity contribution in [1.29, 1.82) is 0 Å². The minimum absolute atomic E-state index is 0.132. The van der Waals surface area contributed by atoms with Crippen LogP contribution in [0.1, 0.15) is 18.9 Å². The third-order valence-corrected chi connectivity index (χ3v) is 3.80. The molecule has 6 nitrogen and oxygen atoms in total. The SMILES string of the molecule is CCN(C)C(=O)C1CC(NC(=NN)c2ccccc2)CN1. The fraction of sp³-hybridized carbons (Fsp3) is 0.467. The van der Waals surface area contributed by atoms with Crippen LogP contribution >= 0.6 is 0 Å². The van der Waals surface area contributed by atoms with E-state index in [1.54, 1.807) is 4.90 Å². The Hall–Kier alpha value is -2.08. The molecule has 1 aromatic carbocycles. The quantitative estimate of drug-likeness (QED) is 0.318. The molecule has 6 heteroatoms. The largest absolute Gasteiger partial charge is 0.364 e. The van der Waals surface area contributed by atoms with Crippen LogP contribution in [-0.2, 0) is 4.79 Å². The fourth-order valence-corrected chi connectivity index (χ4v) is 2.44. The topological polar surface area (TPSA) is 82.8 Å². The number of amidine groups is 1. The first-order chi connectivity index (χ1) is 10.2. The lowest BCUT2D eigenvalue weighted by Crippen LogP contribution is -2.41. The van der Waals surface area contributed by atoms with Gasteiger partial charge in [-0.1, -0.05) is 30.3 Å². The Bertz CT molecular complexity index is 502. The van der Waals surface area contributed by atoms with Crippen molar-refractivity contribution < 1.29 is 4.79 Å². The number of nitrogens with two attached hydrogens (primary N) is 1. The summed E-state index contributed by atoms with van der Waals surface area (Å²) in [5.41, 5.74) is 0.945. The zero-order valence-electron chi connectivity index (χ0n) is 12.5. The number of nitrogens with zero attached hydrogens (tertiary/aromatic N) is 2. The highest BCUT2D eigenvalue weighted by atomic mass is 16.2. The maximum Gasteiger partial charge on any atom is 0.239 e. The van der Waals surface area contributed by atoms with Crippen LogP contribution in [0.25, 0.3) is 0 Å². The van der Waals surface area contributed by atoms with E-state index in [2.05, 4.69) is 15.7 Å². The fourth-order valence-electron chi connectivity index (χ4n) is 2.44. The van der Waals surface area contributed by atoms with Crippen molar-refractivity contribution in [2.24, 2.45) is 10.9 Å². The normalized spacial score (nSPS) is 22.1. The summed E-state index contributed by atoms with van der Waals surface area (Å²) >= 11 is 0. The van der Waals surface area contributed by atoms with E-state index in [1.165, 1.54) is 0 Å². The van der Waals surface area contributed by atoms with E-state index in [1.807, 2.05) is 44.3 Å². The molecule has 0 spiro atoms. The van der Waals surface area contributed by atoms with Crippen LogP contribution in [0.5, 0.6) is 0 Å². The van der Waals surface area contributed by atoms with Crippen LogP contribution in [0.15, 0.2) is 35.4 Å². The van der Waals surface area contributed by atoms with Gasteiger partial charge < -0.3 is 21.4 Å². The Labute approximate surface area is 125 Å². The molecule has 0 bridgehead atoms. The molecule has 1 aromatic rings. The number of carbonyl (C=O) groups excluding carboxylic acids is 1. The van der Waals surface area contributed by atoms with Gasteiger partial charge in [0.05, 0.1) is 6.04 Å². The van der Waals surface area contributed by atoms with Crippen LogP contribution in [0.2, 0.25) is 0 Å². The van der Waals surface area contributed by atoms with Gasteiger partial charge in [0.2, 0.25) is 5.91 Å². The van der Waals surface area contributed by atoms with E-state index >= 15 is 0 Å². The van der Waals surface area contributed by atoms with Gasteiger partial charge in [0, 0.05) is 31.7 Å². The number of amides is 1. The summed E-state index contributed by atoms with van der Waals surface area (Å²) in [5.74, 6) is 6.26. The maximum atomic E-state index is 12.1. The number of hydrazone groups is 1. The van der Waals surface area contributed by atoms with Crippen molar-refractivity contribution in [1.82, 2.24) is 15.5 Å². The third kappa shape index (κ3) is 3.72. The molecule has 2 unspecified atom stereocenters. The van der Waals surface area contributed by atoms with E-state index in [0.717, 1.165) is 18.5 Å². The first-order valence-electron chi connectivity index (χ1n) is 7.24. The molecule has 1 aliphatic heterocycles. The zero-order chi connectivity index (χ0) is 15.2. The summed E-state index contributed by atoms with van der Waals surface area (Å²) in [7, 11) is 1.82. The average molecular weight is 289 g/mol. The molecule has 4 N–H and O–H groups in total. The van der Waals surface area contributed by atoms with Gasteiger partial charge in [-0.2, -0.15) is 5.10 Å². The van der Waals surface area contributed by atoms with Crippen LogP contribution in [0.4, 0.5) is 0 Å². The van der Waals surface area contributed by atoms with E-state index in [4.69, 9.17) is 5.84 Å². The summed E-state index contributed by atoms with van der Waals surface area (Å²) in [6, 6.07) is 9.75. The lowest BCUT2D eigenvalue weighted by Gasteiger charge is -2.19. The predicted molar refractivity (Wildman–Crippen MR) is 83.8 cm³/mol. The number of likely N-dealkylation sites (N-methyl/N-ethyl adjacent to an activating group) is 1. The van der Waals surface area contributed by atoms with Crippen LogP contribution in [0.3, 0.4) is 0 Å². The molecule has 1 heterocycles. The second kappa shape index (κ2) is 7.08. The van der Waals surface area contributed by atoms with E-state index in [9.17, 15) is 4.79 Å². The van der Waals surface area contributed by atoms with Crippen molar-refractivity contribution in [2.75, 3.05) is 20.1 Å². The van der Waals surface area contributed by atoms with Crippen molar-refractivity contribution in [3.05, 3.63) is 35.9 Å². The molecule has 0 aliphatic carbocycles. The highest BCUT2D eigenvalue weighted by molar-refractivity contribution is 5.98. The molecule has 2 atom stereocenters. The van der Waals surface area contributed by atoms with E-state index in [-0.39, 0.29) is 18.0 Å². The van der Waals surface area contributed by atoms with Gasteiger partial charge in [0.25, 0.3) is 0 Å². The van der Waals surface area contributed by atoms with Crippen molar-refractivity contribution in [3.63, 3.8) is 0 Å². The van der Waals surface area contributed by atoms with Crippen molar-refractivity contribution >= 4 is 11.7 Å². The molecular weight excluding hydrogens is 266 g/mol. The predicted octanol–water partition coefficient (Wildman–Crippen LogP) is 0.105. The Morgan fingerprint density at radius 3 is 2.81 bits per heavy atom. The zero-order valence-corrected chi connectivity index (χ0v) is 12.5. The smallest absolute Gasteiger partial charge is 0.239 e. The van der Waals surface area contributed by atoms with Gasteiger partial charge in [-0.15, -0.1) is 0 Å². The first kappa shape index (κ1) is 15.3. The van der Waals surface area contributed by atoms with Crippen LogP contribution in [-0.4, -0.2) is 48.9 Å². The number of nitrogens with one attached hydrogen (secondary N) is 2. The lowest BCUT2D eigenvalue weighted by atomic mass is 10.1. The summed E-state index contributed by atoms with van der Waals surface area (Å²) in [6.07, 6.45) is 0.731. The Morgan fingerprint density at radius 2 is 2.19 bits per heavy atom. The first-order valence-corrected chi connectivity index (χ1v) is 7.24. The summed E-state index contributed by atoms with van der Waals surface area (Å²) in [5, 5.41) is 10.4. The highest BCUT2D eigenvalue weighted by Crippen LogP contribution is 2.10. The average Bonchev–Trinajstić information content (AvgIpc) is 3.00. The van der Waals surface area contributed by atoms with E-state index < -0.39 is 0 Å². The monoisotopic (exact) mass is 289 g/mol. The number of rotatable bonds is 4. The molecule has 1 fully saturated rings. The molecule has 1 saturated heterocycles. The molecule has 0 radical (unpaired) electrons. The molecule has 0 saturated carbocycles. The van der Waals surface area contributed by atoms with Crippen molar-refractivity contribution in [3.8, 4) is 0 Å². The number of carbonyl (C=O) groups is 1. The van der Waals surface area contributed by atoms with Gasteiger partial charge >= 0.3 is 0 Å². The van der Waals surface area contributed by atoms with E-state index in [0.29, 0.717) is 12.4 Å². The van der Waals surface area contributed by atoms with Gasteiger partial charge in [-0.3, -0.25) is 4.79 Å². The van der Waals surface area contributed by atoms with Gasteiger partial charge in [-0.25, -0.2) is 0 Å². The molecule has 1 amide bonds. The Kier molecular flexibility index (Phi) is 5.16. The third-order valence-electron chi connectivity index (χ3n) is 3.80. The molecule has 21 heavy (non-hydrogen) atoms. The second-order valence-corrected chi connectivity index (χ2v) is 5.23. The molecule has 2 rings (SSSR count). The molecule has 1 aliphatic rings. The van der Waals surface area contributed by atoms with Gasteiger partial charge in [0.1, 0.15) is 0 Å². The number of hydrogen-bond donors (Lipinski definition) is 3. The molecular formula is C15H23N5O. The standard InChI is InChI=1S/C15H23N5O/c1-3-20(2)15(21)13-9-12(10-17-13)18-14(19-16)11-7-5-4-6-8-11/h4-8,12-13,17H,3,9-10,16H2,1-2H3,(H,18,19). The van der Waals surface area contributed by atoms with Crippen LogP contribution < -0.4 is 16.5 Å². The number of hydrogen-bond acceptors (Lipinski definition) is 4. The van der Waals surface area contributed by atoms with Gasteiger partial charge in [0.15, 0.2) is 5.84 Å². The van der Waals surface area contributed by atoms with Crippen LogP contribution in [0, 0.1) is 0 Å². The minimum Gasteiger partial charge on any atom is -0.364 e. The number of benzene rings is 1. The minimum atomic E-state index is -0.137. The second-order valence-electron chi connectivity index (χ2n) is 5.23. The van der Waals surface area contributed by atoms with Crippen molar-refractivity contribution in [2.45, 2.75) is 25.4 Å².